The van der Waals surface area contributed by atoms with Crippen molar-refractivity contribution >= 4 is 22.6 Å². The number of benzene rings is 1. The van der Waals surface area contributed by atoms with Gasteiger partial charge in [-0.15, -0.1) is 0 Å². The number of anilines is 1. The van der Waals surface area contributed by atoms with Crippen molar-refractivity contribution in [1.29, 1.82) is 0 Å². The second kappa shape index (κ2) is 5.46. The number of H-pyrrole nitrogens is 2. The van der Waals surface area contributed by atoms with Gasteiger partial charge in [-0.2, -0.15) is 0 Å². The molecule has 0 aliphatic heterocycles. The van der Waals surface area contributed by atoms with Gasteiger partial charge in [0.25, 0.3) is 5.91 Å². The molecule has 0 unspecified atom stereocenters. The van der Waals surface area contributed by atoms with Gasteiger partial charge in [0.1, 0.15) is 11.3 Å². The van der Waals surface area contributed by atoms with Crippen molar-refractivity contribution < 1.29 is 4.79 Å². The van der Waals surface area contributed by atoms with Crippen LogP contribution < -0.4 is 5.32 Å². The molecule has 0 saturated heterocycles. The van der Waals surface area contributed by atoms with Gasteiger partial charge in [-0.3, -0.25) is 4.79 Å². The van der Waals surface area contributed by atoms with Crippen LogP contribution in [0, 0.1) is 0 Å². The summed E-state index contributed by atoms with van der Waals surface area (Å²) in [6.07, 6.45) is 5.45. The number of aromatic amines is 2. The normalized spacial score (nSPS) is 10.8. The van der Waals surface area contributed by atoms with Gasteiger partial charge in [-0.25, -0.2) is 4.98 Å². The molecule has 0 atom stereocenters. The number of hydrogen-bond donors (Lipinski definition) is 3. The number of carbonyl (C=O) groups excluding carboxylic acids is 1. The van der Waals surface area contributed by atoms with Crippen LogP contribution in [0.5, 0.6) is 0 Å². The number of hydrogen-bond acceptors (Lipinski definition) is 2. The van der Waals surface area contributed by atoms with Crippen molar-refractivity contribution in [3.05, 3.63) is 72.8 Å². The molecule has 0 saturated carbocycles. The summed E-state index contributed by atoms with van der Waals surface area (Å²) >= 11 is 0. The highest BCUT2D eigenvalue weighted by atomic mass is 16.1. The first kappa shape index (κ1) is 13.3. The molecule has 23 heavy (non-hydrogen) atoms. The van der Waals surface area contributed by atoms with Gasteiger partial charge in [-0.1, -0.05) is 18.2 Å². The van der Waals surface area contributed by atoms with E-state index in [-0.39, 0.29) is 5.91 Å². The lowest BCUT2D eigenvalue weighted by atomic mass is 10.1. The number of pyridine rings is 1. The predicted molar refractivity (Wildman–Crippen MR) is 90.3 cm³/mol. The zero-order valence-electron chi connectivity index (χ0n) is 12.2. The fourth-order valence-electron chi connectivity index (χ4n) is 2.61. The third-order valence-corrected chi connectivity index (χ3v) is 3.73. The van der Waals surface area contributed by atoms with Crippen LogP contribution in [0.25, 0.3) is 22.2 Å². The quantitative estimate of drug-likeness (QED) is 0.538. The molecule has 5 nitrogen and oxygen atoms in total. The summed E-state index contributed by atoms with van der Waals surface area (Å²) in [5, 5.41) is 3.90. The van der Waals surface area contributed by atoms with Crippen LogP contribution in [-0.2, 0) is 0 Å². The van der Waals surface area contributed by atoms with Crippen molar-refractivity contribution in [2.75, 3.05) is 5.32 Å². The first-order valence-corrected chi connectivity index (χ1v) is 7.28. The largest absolute Gasteiger partial charge is 0.357 e. The fourth-order valence-corrected chi connectivity index (χ4v) is 2.61. The maximum atomic E-state index is 12.3. The standard InChI is InChI=1S/C18H14N4O/c23-18(22-13-4-2-1-3-5-13)16-10-12(11-21-16)14-6-8-19-17-15(14)7-9-20-17/h1-11,21H,(H,19,20)(H,22,23). The monoisotopic (exact) mass is 302 g/mol. The Bertz CT molecular complexity index is 969. The van der Waals surface area contributed by atoms with Crippen LogP contribution in [0.15, 0.2) is 67.1 Å². The predicted octanol–water partition coefficient (Wildman–Crippen LogP) is 3.81. The minimum absolute atomic E-state index is 0.165. The Morgan fingerprint density at radius 2 is 1.91 bits per heavy atom. The van der Waals surface area contributed by atoms with Crippen molar-refractivity contribution in [1.82, 2.24) is 15.0 Å². The van der Waals surface area contributed by atoms with E-state index in [2.05, 4.69) is 20.3 Å². The van der Waals surface area contributed by atoms with Crippen LogP contribution in [-0.4, -0.2) is 20.9 Å². The average molecular weight is 302 g/mol. The number of nitrogens with one attached hydrogen (secondary N) is 3. The molecule has 112 valence electrons. The molecule has 0 radical (unpaired) electrons. The van der Waals surface area contributed by atoms with E-state index in [1.807, 2.05) is 60.9 Å². The second-order valence-electron chi connectivity index (χ2n) is 5.22. The number of carbonyl (C=O) groups is 1. The van der Waals surface area contributed by atoms with E-state index in [1.54, 1.807) is 6.20 Å². The van der Waals surface area contributed by atoms with E-state index in [0.29, 0.717) is 5.69 Å². The van der Waals surface area contributed by atoms with Crippen molar-refractivity contribution in [3.63, 3.8) is 0 Å². The van der Waals surface area contributed by atoms with Crippen LogP contribution >= 0.6 is 0 Å². The van der Waals surface area contributed by atoms with Crippen LogP contribution in [0.4, 0.5) is 5.69 Å². The SMILES string of the molecule is O=C(Nc1ccccc1)c1cc(-c2ccnc3[nH]ccc23)c[nH]1. The Morgan fingerprint density at radius 3 is 2.78 bits per heavy atom. The molecule has 0 aliphatic rings. The summed E-state index contributed by atoms with van der Waals surface area (Å²) in [6, 6.07) is 15.2. The average Bonchev–Trinajstić information content (AvgIpc) is 3.25. The molecule has 4 rings (SSSR count). The summed E-state index contributed by atoms with van der Waals surface area (Å²) in [7, 11) is 0. The van der Waals surface area contributed by atoms with Gasteiger partial charge in [0.2, 0.25) is 0 Å². The Labute approximate surface area is 132 Å². The topological polar surface area (TPSA) is 73.6 Å². The molecule has 3 heterocycles. The van der Waals surface area contributed by atoms with Gasteiger partial charge >= 0.3 is 0 Å². The Morgan fingerprint density at radius 1 is 1.04 bits per heavy atom. The third-order valence-electron chi connectivity index (χ3n) is 3.73. The first-order chi connectivity index (χ1) is 11.3. The molecule has 5 heteroatoms. The number of para-hydroxylation sites is 1. The molecule has 0 spiro atoms. The summed E-state index contributed by atoms with van der Waals surface area (Å²) in [6.45, 7) is 0. The molecule has 3 aromatic heterocycles. The molecular formula is C18H14N4O. The van der Waals surface area contributed by atoms with Gasteiger partial charge in [-0.05, 0) is 35.9 Å². The summed E-state index contributed by atoms with van der Waals surface area (Å²) < 4.78 is 0. The molecule has 4 aromatic rings. The third kappa shape index (κ3) is 2.48. The first-order valence-electron chi connectivity index (χ1n) is 7.28. The van der Waals surface area contributed by atoms with Gasteiger partial charge < -0.3 is 15.3 Å². The maximum absolute atomic E-state index is 12.3. The Hall–Kier alpha value is -3.34. The van der Waals surface area contributed by atoms with Crippen molar-refractivity contribution in [3.8, 4) is 11.1 Å². The van der Waals surface area contributed by atoms with Crippen molar-refractivity contribution in [2.24, 2.45) is 0 Å². The van der Waals surface area contributed by atoms with E-state index in [1.165, 1.54) is 0 Å². The van der Waals surface area contributed by atoms with Crippen LogP contribution in [0.1, 0.15) is 10.5 Å². The molecule has 0 bridgehead atoms. The molecular weight excluding hydrogens is 288 g/mol. The Kier molecular flexibility index (Phi) is 3.16. The second-order valence-corrected chi connectivity index (χ2v) is 5.22. The highest BCUT2D eigenvalue weighted by Gasteiger charge is 2.12. The fraction of sp³-hybridized carbons (Fsp3) is 0. The van der Waals surface area contributed by atoms with Gasteiger partial charge in [0.05, 0.1) is 0 Å². The molecule has 3 N–H and O–H groups in total. The number of aromatic nitrogens is 3. The highest BCUT2D eigenvalue weighted by molar-refractivity contribution is 6.04. The summed E-state index contributed by atoms with van der Waals surface area (Å²) in [5.74, 6) is -0.165. The van der Waals surface area contributed by atoms with E-state index in [4.69, 9.17) is 0 Å². The lowest BCUT2D eigenvalue weighted by Crippen LogP contribution is -2.11. The van der Waals surface area contributed by atoms with E-state index < -0.39 is 0 Å². The molecule has 1 aromatic carbocycles. The number of amides is 1. The van der Waals surface area contributed by atoms with Gasteiger partial charge in [0, 0.05) is 35.2 Å². The number of nitrogens with zero attached hydrogens (tertiary/aromatic N) is 1. The lowest BCUT2D eigenvalue weighted by Gasteiger charge is -2.02. The van der Waals surface area contributed by atoms with E-state index in [0.717, 1.165) is 27.8 Å². The van der Waals surface area contributed by atoms with Crippen molar-refractivity contribution in [2.45, 2.75) is 0 Å². The summed E-state index contributed by atoms with van der Waals surface area (Å²) in [4.78, 5) is 22.7. The summed E-state index contributed by atoms with van der Waals surface area (Å²) in [5.41, 5.74) is 4.11. The van der Waals surface area contributed by atoms with E-state index >= 15 is 0 Å². The number of rotatable bonds is 3. The Balaban J connectivity index is 1.64. The van der Waals surface area contributed by atoms with Gasteiger partial charge in [0.15, 0.2) is 0 Å². The van der Waals surface area contributed by atoms with Crippen LogP contribution in [0.2, 0.25) is 0 Å². The maximum Gasteiger partial charge on any atom is 0.272 e. The zero-order valence-corrected chi connectivity index (χ0v) is 12.2. The minimum Gasteiger partial charge on any atom is -0.357 e. The lowest BCUT2D eigenvalue weighted by molar-refractivity contribution is 0.102. The minimum atomic E-state index is -0.165. The molecule has 0 aliphatic carbocycles. The zero-order chi connectivity index (χ0) is 15.6. The van der Waals surface area contributed by atoms with Crippen LogP contribution in [0.3, 0.4) is 0 Å². The molecule has 0 fully saturated rings. The smallest absolute Gasteiger partial charge is 0.272 e. The number of fused-ring (bicyclic) bond motifs is 1. The molecule has 1 amide bonds. The highest BCUT2D eigenvalue weighted by Crippen LogP contribution is 2.27. The van der Waals surface area contributed by atoms with E-state index in [9.17, 15) is 4.79 Å².